The van der Waals surface area contributed by atoms with Gasteiger partial charge in [-0.25, -0.2) is 0 Å². The molecule has 0 saturated heterocycles. The van der Waals surface area contributed by atoms with Crippen molar-refractivity contribution in [2.45, 2.75) is 13.0 Å². The summed E-state index contributed by atoms with van der Waals surface area (Å²) in [4.78, 5) is 25.6. The molecule has 0 fully saturated rings. The summed E-state index contributed by atoms with van der Waals surface area (Å²) in [6.07, 6.45) is 0. The highest BCUT2D eigenvalue weighted by Crippen LogP contribution is 2.23. The molecule has 0 N–H and O–H groups in total. The maximum atomic E-state index is 12.2. The monoisotopic (exact) mass is 304 g/mol. The summed E-state index contributed by atoms with van der Waals surface area (Å²) < 4.78 is 0. The number of nitro benzene ring substituents is 1. The van der Waals surface area contributed by atoms with Crippen LogP contribution >= 0.6 is 11.3 Å². The van der Waals surface area contributed by atoms with Gasteiger partial charge in [0.1, 0.15) is 0 Å². The van der Waals surface area contributed by atoms with Crippen LogP contribution in [0, 0.1) is 10.1 Å². The summed E-state index contributed by atoms with van der Waals surface area (Å²) >= 11 is 1.65. The molecule has 6 heteroatoms. The van der Waals surface area contributed by atoms with Crippen molar-refractivity contribution in [3.05, 3.63) is 62.3 Å². The molecule has 0 aliphatic carbocycles. The Morgan fingerprint density at radius 3 is 2.76 bits per heavy atom. The topological polar surface area (TPSA) is 63.5 Å². The fourth-order valence-electron chi connectivity index (χ4n) is 1.99. The van der Waals surface area contributed by atoms with Crippen LogP contribution in [0.1, 0.15) is 28.2 Å². The lowest BCUT2D eigenvalue weighted by Gasteiger charge is -2.22. The predicted molar refractivity (Wildman–Crippen MR) is 82.8 cm³/mol. The lowest BCUT2D eigenvalue weighted by molar-refractivity contribution is -0.384. The van der Waals surface area contributed by atoms with Crippen molar-refractivity contribution < 1.29 is 9.72 Å². The minimum Gasteiger partial charge on any atom is -0.293 e. The predicted octanol–water partition coefficient (Wildman–Crippen LogP) is 3.53. The molecule has 2 rings (SSSR count). The Morgan fingerprint density at radius 1 is 1.38 bits per heavy atom. The van der Waals surface area contributed by atoms with Crippen molar-refractivity contribution >= 4 is 22.8 Å². The van der Waals surface area contributed by atoms with Crippen molar-refractivity contribution in [1.82, 2.24) is 4.90 Å². The van der Waals surface area contributed by atoms with Crippen LogP contribution < -0.4 is 0 Å². The van der Waals surface area contributed by atoms with Crippen LogP contribution in [0.5, 0.6) is 0 Å². The number of likely N-dealkylation sites (N-methyl/N-ethyl adjacent to an activating group) is 1. The standard InChI is InChI=1S/C15H16N2O3S/c1-11(15-7-4-8-21-15)16(2)10-14(18)12-5-3-6-13(9-12)17(19)20/h3-9,11H,10H2,1-2H3. The summed E-state index contributed by atoms with van der Waals surface area (Å²) in [5.74, 6) is -0.121. The molecule has 1 heterocycles. The highest BCUT2D eigenvalue weighted by molar-refractivity contribution is 7.10. The van der Waals surface area contributed by atoms with Gasteiger partial charge in [0.05, 0.1) is 11.5 Å². The van der Waals surface area contributed by atoms with Gasteiger partial charge >= 0.3 is 0 Å². The number of nitrogens with zero attached hydrogens (tertiary/aromatic N) is 2. The summed E-state index contributed by atoms with van der Waals surface area (Å²) in [6.45, 7) is 2.26. The number of hydrogen-bond acceptors (Lipinski definition) is 5. The number of carbonyl (C=O) groups is 1. The second-order valence-electron chi connectivity index (χ2n) is 4.84. The van der Waals surface area contributed by atoms with Crippen molar-refractivity contribution in [3.63, 3.8) is 0 Å². The fourth-order valence-corrected chi connectivity index (χ4v) is 2.84. The second kappa shape index (κ2) is 6.60. The number of Topliss-reactive ketones (excluding diaryl/α,β-unsaturated/α-hetero) is 1. The van der Waals surface area contributed by atoms with Crippen LogP contribution in [0.3, 0.4) is 0 Å². The van der Waals surface area contributed by atoms with Crippen molar-refractivity contribution in [2.24, 2.45) is 0 Å². The Hall–Kier alpha value is -2.05. The number of thiophene rings is 1. The Balaban J connectivity index is 2.07. The van der Waals surface area contributed by atoms with E-state index >= 15 is 0 Å². The number of rotatable bonds is 6. The molecule has 110 valence electrons. The van der Waals surface area contributed by atoms with E-state index in [4.69, 9.17) is 0 Å². The number of non-ortho nitro benzene ring substituents is 1. The van der Waals surface area contributed by atoms with Crippen LogP contribution in [-0.4, -0.2) is 29.2 Å². The van der Waals surface area contributed by atoms with E-state index in [1.165, 1.54) is 23.1 Å². The zero-order chi connectivity index (χ0) is 15.4. The minimum absolute atomic E-state index is 0.0604. The zero-order valence-corrected chi connectivity index (χ0v) is 12.7. The number of carbonyl (C=O) groups excluding carboxylic acids is 1. The molecule has 0 bridgehead atoms. The van der Waals surface area contributed by atoms with Crippen LogP contribution in [-0.2, 0) is 0 Å². The van der Waals surface area contributed by atoms with Gasteiger partial charge in [0.25, 0.3) is 5.69 Å². The van der Waals surface area contributed by atoms with E-state index < -0.39 is 4.92 Å². The highest BCUT2D eigenvalue weighted by atomic mass is 32.1. The highest BCUT2D eigenvalue weighted by Gasteiger charge is 2.18. The molecule has 1 atom stereocenters. The SMILES string of the molecule is CC(c1cccs1)N(C)CC(=O)c1cccc([N+](=O)[O-])c1. The minimum atomic E-state index is -0.491. The molecule has 2 aromatic rings. The Labute approximate surface area is 127 Å². The van der Waals surface area contributed by atoms with Crippen LogP contribution in [0.2, 0.25) is 0 Å². The molecule has 0 saturated carbocycles. The Kier molecular flexibility index (Phi) is 4.82. The van der Waals surface area contributed by atoms with Crippen LogP contribution in [0.25, 0.3) is 0 Å². The fraction of sp³-hybridized carbons (Fsp3) is 0.267. The van der Waals surface area contributed by atoms with Gasteiger partial charge in [-0.1, -0.05) is 18.2 Å². The molecule has 5 nitrogen and oxygen atoms in total. The summed E-state index contributed by atoms with van der Waals surface area (Å²) in [7, 11) is 1.87. The quantitative estimate of drug-likeness (QED) is 0.465. The number of ketones is 1. The van der Waals surface area contributed by atoms with Crippen molar-refractivity contribution in [3.8, 4) is 0 Å². The van der Waals surface area contributed by atoms with Gasteiger partial charge in [-0.3, -0.25) is 19.8 Å². The molecular weight excluding hydrogens is 288 g/mol. The first-order valence-electron chi connectivity index (χ1n) is 6.50. The number of benzene rings is 1. The lowest BCUT2D eigenvalue weighted by Crippen LogP contribution is -2.28. The summed E-state index contributed by atoms with van der Waals surface area (Å²) in [5.41, 5.74) is 0.309. The maximum absolute atomic E-state index is 12.2. The second-order valence-corrected chi connectivity index (χ2v) is 5.82. The Bertz CT molecular complexity index is 640. The van der Waals surface area contributed by atoms with Gasteiger partial charge in [-0.15, -0.1) is 11.3 Å². The third kappa shape index (κ3) is 3.74. The molecule has 0 spiro atoms. The Morgan fingerprint density at radius 2 is 2.14 bits per heavy atom. The van der Waals surface area contributed by atoms with Gasteiger partial charge in [0.15, 0.2) is 5.78 Å². The first kappa shape index (κ1) is 15.3. The third-order valence-corrected chi connectivity index (χ3v) is 4.43. The average Bonchev–Trinajstić information content (AvgIpc) is 3.00. The lowest BCUT2D eigenvalue weighted by atomic mass is 10.1. The molecule has 0 aliphatic rings. The molecule has 21 heavy (non-hydrogen) atoms. The van der Waals surface area contributed by atoms with Gasteiger partial charge < -0.3 is 0 Å². The van der Waals surface area contributed by atoms with E-state index in [-0.39, 0.29) is 24.1 Å². The zero-order valence-electron chi connectivity index (χ0n) is 11.9. The van der Waals surface area contributed by atoms with E-state index in [9.17, 15) is 14.9 Å². The first-order chi connectivity index (χ1) is 9.99. The summed E-state index contributed by atoms with van der Waals surface area (Å²) in [6, 6.07) is 10.00. The smallest absolute Gasteiger partial charge is 0.270 e. The van der Waals surface area contributed by atoms with E-state index in [1.807, 2.05) is 36.4 Å². The third-order valence-electron chi connectivity index (χ3n) is 3.39. The normalized spacial score (nSPS) is 12.3. The molecular formula is C15H16N2O3S. The van der Waals surface area contributed by atoms with Gasteiger partial charge in [0.2, 0.25) is 0 Å². The van der Waals surface area contributed by atoms with Gasteiger partial charge in [-0.05, 0) is 25.4 Å². The summed E-state index contributed by atoms with van der Waals surface area (Å²) in [5, 5.41) is 12.7. The number of hydrogen-bond donors (Lipinski definition) is 0. The number of nitro groups is 1. The molecule has 1 aromatic carbocycles. The average molecular weight is 304 g/mol. The largest absolute Gasteiger partial charge is 0.293 e. The van der Waals surface area contributed by atoms with E-state index in [1.54, 1.807) is 17.4 Å². The van der Waals surface area contributed by atoms with E-state index in [2.05, 4.69) is 0 Å². The molecule has 1 aromatic heterocycles. The van der Waals surface area contributed by atoms with Crippen molar-refractivity contribution in [2.75, 3.05) is 13.6 Å². The van der Waals surface area contributed by atoms with Crippen molar-refractivity contribution in [1.29, 1.82) is 0 Å². The molecule has 0 radical (unpaired) electrons. The van der Waals surface area contributed by atoms with Gasteiger partial charge in [0, 0.05) is 28.6 Å². The van der Waals surface area contributed by atoms with Crippen LogP contribution in [0.4, 0.5) is 5.69 Å². The first-order valence-corrected chi connectivity index (χ1v) is 7.38. The van der Waals surface area contributed by atoms with Gasteiger partial charge in [-0.2, -0.15) is 0 Å². The van der Waals surface area contributed by atoms with E-state index in [0.29, 0.717) is 5.56 Å². The molecule has 1 unspecified atom stereocenters. The molecule has 0 amide bonds. The molecule has 0 aliphatic heterocycles. The van der Waals surface area contributed by atoms with E-state index in [0.717, 1.165) is 0 Å². The van der Waals surface area contributed by atoms with Crippen LogP contribution in [0.15, 0.2) is 41.8 Å². The maximum Gasteiger partial charge on any atom is 0.270 e.